The molecule has 0 saturated heterocycles. The van der Waals surface area contributed by atoms with E-state index in [9.17, 15) is 22.0 Å². The van der Waals surface area contributed by atoms with Crippen LogP contribution in [0.25, 0.3) is 0 Å². The third kappa shape index (κ3) is 3.13. The lowest BCUT2D eigenvalue weighted by atomic mass is 10.2. The molecule has 0 fully saturated rings. The van der Waals surface area contributed by atoms with E-state index < -0.39 is 37.1 Å². The Bertz CT molecular complexity index is 560. The molecule has 1 aromatic carbocycles. The van der Waals surface area contributed by atoms with Crippen molar-refractivity contribution in [1.82, 2.24) is 5.32 Å². The van der Waals surface area contributed by atoms with Gasteiger partial charge in [-0.1, -0.05) is 0 Å². The molecule has 94 valence electrons. The van der Waals surface area contributed by atoms with Gasteiger partial charge < -0.3 is 5.32 Å². The molecular weight excluding hydrogens is 276 g/mol. The lowest BCUT2D eigenvalue weighted by Gasteiger charge is -2.06. The fourth-order valence-electron chi connectivity index (χ4n) is 1.13. The molecule has 1 amide bonds. The first kappa shape index (κ1) is 13.9. The predicted octanol–water partition coefficient (Wildman–Crippen LogP) is 1.64. The average molecular weight is 284 g/mol. The van der Waals surface area contributed by atoms with E-state index in [1.54, 1.807) is 6.92 Å². The monoisotopic (exact) mass is 283 g/mol. The summed E-state index contributed by atoms with van der Waals surface area (Å²) < 4.78 is 48.3. The van der Waals surface area contributed by atoms with Gasteiger partial charge in [-0.15, -0.1) is 0 Å². The second-order valence-corrected chi connectivity index (χ2v) is 5.63. The van der Waals surface area contributed by atoms with E-state index in [1.165, 1.54) is 0 Å². The zero-order valence-corrected chi connectivity index (χ0v) is 10.2. The van der Waals surface area contributed by atoms with E-state index in [-0.39, 0.29) is 6.54 Å². The van der Waals surface area contributed by atoms with Gasteiger partial charge in [0.2, 0.25) is 0 Å². The molecular formula is C9H8ClF2NO3S. The molecule has 17 heavy (non-hydrogen) atoms. The Morgan fingerprint density at radius 1 is 1.41 bits per heavy atom. The van der Waals surface area contributed by atoms with Gasteiger partial charge in [0.1, 0.15) is 0 Å². The molecule has 0 aliphatic carbocycles. The summed E-state index contributed by atoms with van der Waals surface area (Å²) in [5, 5.41) is 2.23. The van der Waals surface area contributed by atoms with Crippen molar-refractivity contribution in [2.75, 3.05) is 6.54 Å². The summed E-state index contributed by atoms with van der Waals surface area (Å²) in [6, 6.07) is 1.10. The number of hydrogen-bond donors (Lipinski definition) is 1. The molecule has 0 bridgehead atoms. The van der Waals surface area contributed by atoms with Gasteiger partial charge in [0.25, 0.3) is 15.0 Å². The van der Waals surface area contributed by atoms with Gasteiger partial charge in [-0.2, -0.15) is 0 Å². The zero-order valence-electron chi connectivity index (χ0n) is 8.63. The predicted molar refractivity (Wildman–Crippen MR) is 57.4 cm³/mol. The minimum atomic E-state index is -4.23. The number of rotatable bonds is 3. The molecule has 0 aromatic heterocycles. The Morgan fingerprint density at radius 2 is 2.00 bits per heavy atom. The van der Waals surface area contributed by atoms with Crippen molar-refractivity contribution in [3.05, 3.63) is 29.3 Å². The van der Waals surface area contributed by atoms with Crippen LogP contribution in [0.15, 0.2) is 17.0 Å². The zero-order chi connectivity index (χ0) is 13.2. The van der Waals surface area contributed by atoms with Gasteiger partial charge in [0, 0.05) is 17.2 Å². The highest BCUT2D eigenvalue weighted by atomic mass is 35.7. The van der Waals surface area contributed by atoms with Crippen LogP contribution in [0.1, 0.15) is 17.3 Å². The van der Waals surface area contributed by atoms with Gasteiger partial charge in [-0.3, -0.25) is 4.79 Å². The van der Waals surface area contributed by atoms with Crippen molar-refractivity contribution >= 4 is 25.6 Å². The smallest absolute Gasteiger partial charge is 0.261 e. The molecule has 0 aliphatic rings. The second kappa shape index (κ2) is 4.97. The SMILES string of the molecule is CCNC(=O)c1cc(S(=O)(=O)Cl)cc(F)c1F. The highest BCUT2D eigenvalue weighted by molar-refractivity contribution is 8.13. The first-order valence-electron chi connectivity index (χ1n) is 4.49. The van der Waals surface area contributed by atoms with Crippen LogP contribution in [0.3, 0.4) is 0 Å². The normalized spacial score (nSPS) is 11.3. The van der Waals surface area contributed by atoms with Crippen molar-refractivity contribution in [2.45, 2.75) is 11.8 Å². The largest absolute Gasteiger partial charge is 0.352 e. The van der Waals surface area contributed by atoms with E-state index in [4.69, 9.17) is 10.7 Å². The maximum atomic E-state index is 13.3. The highest BCUT2D eigenvalue weighted by Gasteiger charge is 2.21. The second-order valence-electron chi connectivity index (χ2n) is 3.06. The molecule has 0 aliphatic heterocycles. The lowest BCUT2D eigenvalue weighted by Crippen LogP contribution is -2.24. The average Bonchev–Trinajstić information content (AvgIpc) is 2.20. The minimum absolute atomic E-state index is 0.192. The summed E-state index contributed by atoms with van der Waals surface area (Å²) in [7, 11) is 0.761. The standard InChI is InChI=1S/C9H8ClF2NO3S/c1-2-13-9(14)6-3-5(17(10,15)16)4-7(11)8(6)12/h3-4H,2H2,1H3,(H,13,14). The number of amides is 1. The van der Waals surface area contributed by atoms with Gasteiger partial charge in [-0.05, 0) is 19.1 Å². The topological polar surface area (TPSA) is 63.2 Å². The Morgan fingerprint density at radius 3 is 2.47 bits per heavy atom. The molecule has 1 aromatic rings. The van der Waals surface area contributed by atoms with E-state index in [0.717, 1.165) is 0 Å². The van der Waals surface area contributed by atoms with Crippen LogP contribution in [-0.4, -0.2) is 20.9 Å². The summed E-state index contributed by atoms with van der Waals surface area (Å²) in [6.45, 7) is 1.77. The van der Waals surface area contributed by atoms with E-state index >= 15 is 0 Å². The van der Waals surface area contributed by atoms with Crippen molar-refractivity contribution in [3.63, 3.8) is 0 Å². The number of benzene rings is 1. The van der Waals surface area contributed by atoms with Crippen molar-refractivity contribution in [2.24, 2.45) is 0 Å². The number of halogens is 3. The molecule has 8 heteroatoms. The molecule has 0 spiro atoms. The van der Waals surface area contributed by atoms with Crippen LogP contribution >= 0.6 is 10.7 Å². The quantitative estimate of drug-likeness (QED) is 0.858. The molecule has 1 rings (SSSR count). The molecule has 0 saturated carbocycles. The van der Waals surface area contributed by atoms with Crippen molar-refractivity contribution in [3.8, 4) is 0 Å². The summed E-state index contributed by atoms with van der Waals surface area (Å²) >= 11 is 0. The van der Waals surface area contributed by atoms with Crippen LogP contribution in [-0.2, 0) is 9.05 Å². The number of carbonyl (C=O) groups excluding carboxylic acids is 1. The van der Waals surface area contributed by atoms with Crippen LogP contribution in [0.2, 0.25) is 0 Å². The van der Waals surface area contributed by atoms with E-state index in [0.29, 0.717) is 12.1 Å². The van der Waals surface area contributed by atoms with Gasteiger partial charge in [0.15, 0.2) is 11.6 Å². The van der Waals surface area contributed by atoms with Crippen molar-refractivity contribution in [1.29, 1.82) is 0 Å². The van der Waals surface area contributed by atoms with Crippen LogP contribution in [0, 0.1) is 11.6 Å². The Labute approximate surface area is 101 Å². The van der Waals surface area contributed by atoms with Gasteiger partial charge in [0.05, 0.1) is 10.5 Å². The Kier molecular flexibility index (Phi) is 4.05. The fraction of sp³-hybridized carbons (Fsp3) is 0.222. The van der Waals surface area contributed by atoms with Crippen LogP contribution < -0.4 is 5.32 Å². The number of carbonyl (C=O) groups is 1. The third-order valence-corrected chi connectivity index (χ3v) is 3.20. The van der Waals surface area contributed by atoms with Gasteiger partial charge >= 0.3 is 0 Å². The van der Waals surface area contributed by atoms with E-state index in [1.807, 2.05) is 0 Å². The number of hydrogen-bond acceptors (Lipinski definition) is 3. The Hall–Kier alpha value is -1.21. The first-order chi connectivity index (χ1) is 7.77. The summed E-state index contributed by atoms with van der Waals surface area (Å²) in [4.78, 5) is 10.7. The number of nitrogens with one attached hydrogen (secondary N) is 1. The lowest BCUT2D eigenvalue weighted by molar-refractivity contribution is 0.0950. The molecule has 0 heterocycles. The third-order valence-electron chi connectivity index (χ3n) is 1.87. The summed E-state index contributed by atoms with van der Waals surface area (Å²) in [5.74, 6) is -3.78. The maximum absolute atomic E-state index is 13.3. The highest BCUT2D eigenvalue weighted by Crippen LogP contribution is 2.21. The molecule has 0 atom stereocenters. The van der Waals surface area contributed by atoms with Crippen molar-refractivity contribution < 1.29 is 22.0 Å². The fourth-order valence-corrected chi connectivity index (χ4v) is 1.90. The molecule has 0 radical (unpaired) electrons. The van der Waals surface area contributed by atoms with Crippen LogP contribution in [0.5, 0.6) is 0 Å². The summed E-state index contributed by atoms with van der Waals surface area (Å²) in [5.41, 5.74) is -0.703. The summed E-state index contributed by atoms with van der Waals surface area (Å²) in [6.07, 6.45) is 0. The minimum Gasteiger partial charge on any atom is -0.352 e. The molecule has 4 nitrogen and oxygen atoms in total. The maximum Gasteiger partial charge on any atom is 0.261 e. The molecule has 0 unspecified atom stereocenters. The Balaban J connectivity index is 3.40. The van der Waals surface area contributed by atoms with Crippen LogP contribution in [0.4, 0.5) is 8.78 Å². The van der Waals surface area contributed by atoms with E-state index in [2.05, 4.69) is 5.32 Å². The first-order valence-corrected chi connectivity index (χ1v) is 6.80. The van der Waals surface area contributed by atoms with Gasteiger partial charge in [-0.25, -0.2) is 17.2 Å². The molecule has 1 N–H and O–H groups in total.